The van der Waals surface area contributed by atoms with Crippen molar-refractivity contribution in [3.63, 3.8) is 0 Å². The number of hydrogen-bond donors (Lipinski definition) is 2. The van der Waals surface area contributed by atoms with Gasteiger partial charge in [0, 0.05) is 61.4 Å². The second kappa shape index (κ2) is 11.7. The zero-order valence-electron chi connectivity index (χ0n) is 22.0. The summed E-state index contributed by atoms with van der Waals surface area (Å²) < 4.78 is 0. The Morgan fingerprint density at radius 3 is 2.44 bits per heavy atom. The predicted molar refractivity (Wildman–Crippen MR) is 150 cm³/mol. The second-order valence-corrected chi connectivity index (χ2v) is 10.1. The summed E-state index contributed by atoms with van der Waals surface area (Å²) in [5, 5.41) is 13.2. The molecule has 0 spiro atoms. The third kappa shape index (κ3) is 6.26. The van der Waals surface area contributed by atoms with Crippen LogP contribution in [0.3, 0.4) is 0 Å². The van der Waals surface area contributed by atoms with Crippen molar-refractivity contribution in [2.24, 2.45) is 5.92 Å². The molecule has 5 rings (SSSR count). The number of Topliss-reactive ketones (excluding diaryl/α,β-unsaturated/α-hetero) is 1. The normalized spacial score (nSPS) is 17.7. The molecule has 1 aromatic heterocycles. The number of nitrogens with one attached hydrogen (secondary N) is 1. The average molecular weight is 528 g/mol. The number of aromatic nitrogens is 1. The molecule has 2 aliphatic heterocycles. The molecule has 2 N–H and O–H groups in total. The lowest BCUT2D eigenvalue weighted by atomic mass is 10.1. The minimum Gasteiger partial charge on any atom is -0.507 e. The number of rotatable bonds is 7. The maximum absolute atomic E-state index is 13.0. The predicted octanol–water partition coefficient (Wildman–Crippen LogP) is 3.27. The molecule has 0 saturated carbocycles. The Labute approximate surface area is 228 Å². The molecular formula is C30H33N5O4. The van der Waals surface area contributed by atoms with Crippen LogP contribution in [0.4, 0.5) is 11.4 Å². The number of anilines is 2. The largest absolute Gasteiger partial charge is 0.507 e. The van der Waals surface area contributed by atoms with Crippen LogP contribution in [0.1, 0.15) is 23.7 Å². The maximum atomic E-state index is 13.0. The Morgan fingerprint density at radius 2 is 1.74 bits per heavy atom. The van der Waals surface area contributed by atoms with Crippen LogP contribution < -0.4 is 10.2 Å². The molecule has 2 saturated heterocycles. The number of pyridine rings is 1. The van der Waals surface area contributed by atoms with Crippen LogP contribution in [0, 0.1) is 5.92 Å². The van der Waals surface area contributed by atoms with Gasteiger partial charge in [-0.1, -0.05) is 6.07 Å². The van der Waals surface area contributed by atoms with E-state index in [1.165, 1.54) is 0 Å². The molecule has 3 aromatic rings. The molecule has 3 heterocycles. The number of amides is 2. The third-order valence-corrected chi connectivity index (χ3v) is 7.48. The van der Waals surface area contributed by atoms with Crippen LogP contribution in [-0.2, 0) is 9.59 Å². The first-order valence-electron chi connectivity index (χ1n) is 13.3. The number of likely N-dealkylation sites (tertiary alicyclic amines) is 1. The van der Waals surface area contributed by atoms with Crippen molar-refractivity contribution in [3.8, 4) is 17.0 Å². The highest BCUT2D eigenvalue weighted by Crippen LogP contribution is 2.31. The van der Waals surface area contributed by atoms with Crippen molar-refractivity contribution in [1.82, 2.24) is 14.8 Å². The van der Waals surface area contributed by atoms with Gasteiger partial charge >= 0.3 is 0 Å². The molecule has 0 aliphatic carbocycles. The maximum Gasteiger partial charge on any atom is 0.236 e. The topological polar surface area (TPSA) is 106 Å². The van der Waals surface area contributed by atoms with Gasteiger partial charge in [0.15, 0.2) is 5.78 Å². The SMILES string of the molecule is CC(=O)c1ccc(N2CCN(C(=O)CN3CC[C@@H](C(=O)Nc4ccc(O)c(-c5ccccn5)c4)C3)CC2)cc1. The average Bonchev–Trinajstić information content (AvgIpc) is 3.43. The van der Waals surface area contributed by atoms with E-state index in [-0.39, 0.29) is 29.3 Å². The first-order chi connectivity index (χ1) is 18.9. The number of piperazine rings is 1. The monoisotopic (exact) mass is 527 g/mol. The second-order valence-electron chi connectivity index (χ2n) is 10.1. The number of carbonyl (C=O) groups excluding carboxylic acids is 3. The minimum atomic E-state index is -0.209. The summed E-state index contributed by atoms with van der Waals surface area (Å²) in [6.07, 6.45) is 2.35. The van der Waals surface area contributed by atoms with Crippen molar-refractivity contribution in [2.45, 2.75) is 13.3 Å². The Kier molecular flexibility index (Phi) is 7.88. The molecule has 0 bridgehead atoms. The van der Waals surface area contributed by atoms with Crippen molar-refractivity contribution in [3.05, 3.63) is 72.4 Å². The summed E-state index contributed by atoms with van der Waals surface area (Å²) in [6, 6.07) is 18.0. The summed E-state index contributed by atoms with van der Waals surface area (Å²) >= 11 is 0. The number of nitrogens with zero attached hydrogens (tertiary/aromatic N) is 4. The van der Waals surface area contributed by atoms with Gasteiger partial charge in [-0.3, -0.25) is 24.3 Å². The molecule has 9 nitrogen and oxygen atoms in total. The van der Waals surface area contributed by atoms with Crippen molar-refractivity contribution < 1.29 is 19.5 Å². The van der Waals surface area contributed by atoms with Gasteiger partial charge in [-0.2, -0.15) is 0 Å². The fourth-order valence-corrected chi connectivity index (χ4v) is 5.19. The van der Waals surface area contributed by atoms with E-state index >= 15 is 0 Å². The van der Waals surface area contributed by atoms with Crippen LogP contribution in [0.15, 0.2) is 66.9 Å². The number of phenolic OH excluding ortho intramolecular Hbond substituents is 1. The zero-order valence-corrected chi connectivity index (χ0v) is 22.0. The molecule has 39 heavy (non-hydrogen) atoms. The number of hydrogen-bond acceptors (Lipinski definition) is 7. The number of benzene rings is 2. The summed E-state index contributed by atoms with van der Waals surface area (Å²) in [4.78, 5) is 47.9. The summed E-state index contributed by atoms with van der Waals surface area (Å²) in [7, 11) is 0. The molecule has 0 radical (unpaired) electrons. The quantitative estimate of drug-likeness (QED) is 0.359. The zero-order chi connectivity index (χ0) is 27.4. The highest BCUT2D eigenvalue weighted by molar-refractivity contribution is 5.94. The van der Waals surface area contributed by atoms with Gasteiger partial charge in [0.05, 0.1) is 18.2 Å². The van der Waals surface area contributed by atoms with Gasteiger partial charge < -0.3 is 20.2 Å². The van der Waals surface area contributed by atoms with Crippen LogP contribution in [0.25, 0.3) is 11.3 Å². The van der Waals surface area contributed by atoms with Crippen molar-refractivity contribution in [2.75, 3.05) is 56.0 Å². The molecule has 9 heteroatoms. The number of ketones is 1. The van der Waals surface area contributed by atoms with Gasteiger partial charge in [-0.25, -0.2) is 0 Å². The summed E-state index contributed by atoms with van der Waals surface area (Å²) in [5.41, 5.74) is 3.54. The van der Waals surface area contributed by atoms with E-state index in [2.05, 4.69) is 20.1 Å². The molecule has 2 aliphatic rings. The smallest absolute Gasteiger partial charge is 0.236 e. The third-order valence-electron chi connectivity index (χ3n) is 7.48. The summed E-state index contributed by atoms with van der Waals surface area (Å²) in [6.45, 7) is 5.86. The highest BCUT2D eigenvalue weighted by atomic mass is 16.3. The lowest BCUT2D eigenvalue weighted by molar-refractivity contribution is -0.132. The number of phenols is 1. The fraction of sp³-hybridized carbons (Fsp3) is 0.333. The molecular weight excluding hydrogens is 494 g/mol. The van der Waals surface area contributed by atoms with E-state index in [1.54, 1.807) is 43.5 Å². The molecule has 2 fully saturated rings. The van der Waals surface area contributed by atoms with E-state index in [0.29, 0.717) is 61.7 Å². The first kappa shape index (κ1) is 26.4. The molecule has 2 aromatic carbocycles. The van der Waals surface area contributed by atoms with Crippen LogP contribution in [0.2, 0.25) is 0 Å². The van der Waals surface area contributed by atoms with Crippen molar-refractivity contribution >= 4 is 29.0 Å². The van der Waals surface area contributed by atoms with Crippen LogP contribution >= 0.6 is 0 Å². The Hall–Kier alpha value is -4.24. The van der Waals surface area contributed by atoms with Crippen molar-refractivity contribution in [1.29, 1.82) is 0 Å². The van der Waals surface area contributed by atoms with Gasteiger partial charge in [0.25, 0.3) is 0 Å². The Bertz CT molecular complexity index is 1340. The van der Waals surface area contributed by atoms with E-state index in [0.717, 1.165) is 18.8 Å². The lowest BCUT2D eigenvalue weighted by Gasteiger charge is -2.36. The minimum absolute atomic E-state index is 0.0497. The number of aromatic hydroxyl groups is 1. The van der Waals surface area contributed by atoms with Gasteiger partial charge in [0.1, 0.15) is 5.75 Å². The lowest BCUT2D eigenvalue weighted by Crippen LogP contribution is -2.51. The Morgan fingerprint density at radius 1 is 0.974 bits per heavy atom. The van der Waals surface area contributed by atoms with Gasteiger partial charge in [-0.05, 0) is 74.5 Å². The van der Waals surface area contributed by atoms with Gasteiger partial charge in [-0.15, -0.1) is 0 Å². The van der Waals surface area contributed by atoms with Gasteiger partial charge in [0.2, 0.25) is 11.8 Å². The van der Waals surface area contributed by atoms with E-state index in [9.17, 15) is 19.5 Å². The van der Waals surface area contributed by atoms with Crippen LogP contribution in [-0.4, -0.2) is 83.3 Å². The molecule has 2 amide bonds. The van der Waals surface area contributed by atoms with E-state index in [1.807, 2.05) is 35.2 Å². The highest BCUT2D eigenvalue weighted by Gasteiger charge is 2.31. The number of carbonyl (C=O) groups is 3. The molecule has 0 unspecified atom stereocenters. The first-order valence-corrected chi connectivity index (χ1v) is 13.3. The molecule has 202 valence electrons. The van der Waals surface area contributed by atoms with E-state index < -0.39 is 0 Å². The summed E-state index contributed by atoms with van der Waals surface area (Å²) in [5.74, 6) is -0.0643. The standard InChI is InChI=1S/C30H33N5O4/c1-21(36)22-5-8-25(9-6-22)34-14-16-35(17-15-34)29(38)20-33-13-11-23(19-33)30(39)32-24-7-10-28(37)26(18-24)27-4-2-3-12-31-27/h2-10,12,18,23,37H,11,13-17,19-20H2,1H3,(H,32,39)/t23-/m1/s1. The fourth-order valence-electron chi connectivity index (χ4n) is 5.19. The Balaban J connectivity index is 1.10. The molecule has 1 atom stereocenters. The van der Waals surface area contributed by atoms with Crippen LogP contribution in [0.5, 0.6) is 5.75 Å². The van der Waals surface area contributed by atoms with E-state index in [4.69, 9.17) is 0 Å².